The molecular weight excluding hydrogens is 320 g/mol. The number of ether oxygens (including phenoxy) is 2. The van der Waals surface area contributed by atoms with E-state index in [4.69, 9.17) is 9.47 Å². The van der Waals surface area contributed by atoms with Gasteiger partial charge in [-0.1, -0.05) is 18.2 Å². The molecule has 0 aliphatic rings. The van der Waals surface area contributed by atoms with E-state index in [0.29, 0.717) is 18.0 Å². The first-order valence-electron chi connectivity index (χ1n) is 7.72. The summed E-state index contributed by atoms with van der Waals surface area (Å²) in [5.41, 5.74) is 0.898. The van der Waals surface area contributed by atoms with E-state index >= 15 is 0 Å². The van der Waals surface area contributed by atoms with Gasteiger partial charge < -0.3 is 14.8 Å². The maximum Gasteiger partial charge on any atom is 0.258 e. The summed E-state index contributed by atoms with van der Waals surface area (Å²) in [5, 5.41) is 2.80. The zero-order valence-electron chi connectivity index (χ0n) is 13.8. The molecule has 2 heterocycles. The van der Waals surface area contributed by atoms with Crippen LogP contribution in [0.25, 0.3) is 5.82 Å². The van der Waals surface area contributed by atoms with E-state index in [-0.39, 0.29) is 12.5 Å². The third-order valence-corrected chi connectivity index (χ3v) is 3.50. The minimum atomic E-state index is -0.218. The molecule has 0 saturated carbocycles. The first kappa shape index (κ1) is 16.5. The minimum absolute atomic E-state index is 0.0824. The van der Waals surface area contributed by atoms with Crippen molar-refractivity contribution >= 4 is 5.91 Å². The number of amides is 1. The lowest BCUT2D eigenvalue weighted by molar-refractivity contribution is -0.123. The number of hydrogen-bond donors (Lipinski definition) is 1. The molecular formula is C18H18N4O3. The number of nitrogens with one attached hydrogen (secondary N) is 1. The molecule has 0 unspecified atom stereocenters. The molecule has 2 aromatic heterocycles. The van der Waals surface area contributed by atoms with E-state index in [1.807, 2.05) is 35.0 Å². The molecule has 0 aliphatic carbocycles. The molecule has 1 N–H and O–H groups in total. The van der Waals surface area contributed by atoms with Crippen molar-refractivity contribution in [2.24, 2.45) is 0 Å². The Kier molecular flexibility index (Phi) is 5.26. The summed E-state index contributed by atoms with van der Waals surface area (Å²) in [6.45, 7) is 0.298. The number of hydrogen-bond acceptors (Lipinski definition) is 5. The number of nitrogens with zero attached hydrogens (tertiary/aromatic N) is 3. The van der Waals surface area contributed by atoms with Gasteiger partial charge in [0.15, 0.2) is 18.1 Å². The summed E-state index contributed by atoms with van der Waals surface area (Å²) in [4.78, 5) is 20.3. The van der Waals surface area contributed by atoms with Crippen molar-refractivity contribution in [3.63, 3.8) is 0 Å². The zero-order chi connectivity index (χ0) is 17.5. The molecule has 25 heavy (non-hydrogen) atoms. The van der Waals surface area contributed by atoms with Gasteiger partial charge in [-0.2, -0.15) is 0 Å². The van der Waals surface area contributed by atoms with Gasteiger partial charge in [-0.3, -0.25) is 9.36 Å². The van der Waals surface area contributed by atoms with Crippen LogP contribution in [-0.4, -0.2) is 34.2 Å². The monoisotopic (exact) mass is 338 g/mol. The number of methoxy groups -OCH3 is 1. The summed E-state index contributed by atoms with van der Waals surface area (Å²) in [6.07, 6.45) is 6.91. The minimum Gasteiger partial charge on any atom is -0.493 e. The molecule has 7 heteroatoms. The molecule has 0 fully saturated rings. The van der Waals surface area contributed by atoms with Crippen molar-refractivity contribution in [3.8, 4) is 17.3 Å². The molecule has 0 aliphatic heterocycles. The van der Waals surface area contributed by atoms with Gasteiger partial charge in [0.1, 0.15) is 12.1 Å². The van der Waals surface area contributed by atoms with Gasteiger partial charge in [0.25, 0.3) is 5.91 Å². The predicted molar refractivity (Wildman–Crippen MR) is 91.7 cm³/mol. The van der Waals surface area contributed by atoms with E-state index < -0.39 is 0 Å². The van der Waals surface area contributed by atoms with Crippen molar-refractivity contribution in [2.75, 3.05) is 13.7 Å². The molecule has 1 amide bonds. The summed E-state index contributed by atoms with van der Waals surface area (Å²) < 4.78 is 12.5. The molecule has 0 atom stereocenters. The second kappa shape index (κ2) is 7.96. The van der Waals surface area contributed by atoms with Crippen LogP contribution in [-0.2, 0) is 11.3 Å². The standard InChI is InChI=1S/C18H18N4O3/c1-24-15-4-2-3-5-16(15)25-12-18(23)21-11-14-6-7-17(20-10-14)22-9-8-19-13-22/h2-10,13H,11-12H2,1H3,(H,21,23). The molecule has 0 bridgehead atoms. The van der Waals surface area contributed by atoms with E-state index in [0.717, 1.165) is 11.4 Å². The topological polar surface area (TPSA) is 78.3 Å². The summed E-state index contributed by atoms with van der Waals surface area (Å²) in [5.74, 6) is 1.68. The van der Waals surface area contributed by atoms with Crippen LogP contribution in [0.5, 0.6) is 11.5 Å². The lowest BCUT2D eigenvalue weighted by Gasteiger charge is -2.10. The smallest absolute Gasteiger partial charge is 0.258 e. The SMILES string of the molecule is COc1ccccc1OCC(=O)NCc1ccc(-n2ccnc2)nc1. The van der Waals surface area contributed by atoms with Crippen molar-refractivity contribution in [2.45, 2.75) is 6.54 Å². The highest BCUT2D eigenvalue weighted by Crippen LogP contribution is 2.25. The largest absolute Gasteiger partial charge is 0.493 e. The molecule has 3 rings (SSSR count). The number of aromatic nitrogens is 3. The summed E-state index contributed by atoms with van der Waals surface area (Å²) in [7, 11) is 1.56. The summed E-state index contributed by atoms with van der Waals surface area (Å²) in [6, 6.07) is 11.0. The summed E-state index contributed by atoms with van der Waals surface area (Å²) >= 11 is 0. The number of benzene rings is 1. The molecule has 0 saturated heterocycles. The van der Waals surface area contributed by atoms with Gasteiger partial charge in [0, 0.05) is 25.1 Å². The van der Waals surface area contributed by atoms with E-state index in [1.54, 1.807) is 38.0 Å². The van der Waals surface area contributed by atoms with Crippen molar-refractivity contribution < 1.29 is 14.3 Å². The highest BCUT2D eigenvalue weighted by atomic mass is 16.5. The van der Waals surface area contributed by atoms with Crippen LogP contribution in [0.15, 0.2) is 61.3 Å². The second-order valence-corrected chi connectivity index (χ2v) is 5.21. The molecule has 128 valence electrons. The Hall–Kier alpha value is -3.35. The number of carbonyl (C=O) groups excluding carboxylic acids is 1. The van der Waals surface area contributed by atoms with Crippen molar-refractivity contribution in [1.82, 2.24) is 19.9 Å². The van der Waals surface area contributed by atoms with Crippen LogP contribution < -0.4 is 14.8 Å². The van der Waals surface area contributed by atoms with Gasteiger partial charge in [-0.25, -0.2) is 9.97 Å². The number of pyridine rings is 1. The maximum absolute atomic E-state index is 11.9. The van der Waals surface area contributed by atoms with Gasteiger partial charge in [0.05, 0.1) is 7.11 Å². The van der Waals surface area contributed by atoms with Gasteiger partial charge in [-0.15, -0.1) is 0 Å². The van der Waals surface area contributed by atoms with Crippen LogP contribution in [0.2, 0.25) is 0 Å². The molecule has 7 nitrogen and oxygen atoms in total. The Morgan fingerprint density at radius 2 is 2.04 bits per heavy atom. The lowest BCUT2D eigenvalue weighted by atomic mass is 10.3. The number of para-hydroxylation sites is 2. The number of rotatable bonds is 7. The Labute approximate surface area is 145 Å². The molecule has 0 radical (unpaired) electrons. The van der Waals surface area contributed by atoms with Crippen LogP contribution in [0.1, 0.15) is 5.56 Å². The van der Waals surface area contributed by atoms with Crippen LogP contribution in [0, 0.1) is 0 Å². The highest BCUT2D eigenvalue weighted by Gasteiger charge is 2.07. The van der Waals surface area contributed by atoms with E-state index in [1.165, 1.54) is 0 Å². The first-order valence-corrected chi connectivity index (χ1v) is 7.72. The molecule has 3 aromatic rings. The van der Waals surface area contributed by atoms with Gasteiger partial charge in [0.2, 0.25) is 0 Å². The average Bonchev–Trinajstić information content (AvgIpc) is 3.20. The maximum atomic E-state index is 11.9. The average molecular weight is 338 g/mol. The normalized spacial score (nSPS) is 10.3. The Morgan fingerprint density at radius 3 is 2.72 bits per heavy atom. The van der Waals surface area contributed by atoms with Gasteiger partial charge >= 0.3 is 0 Å². The first-order chi connectivity index (χ1) is 12.3. The molecule has 1 aromatic carbocycles. The number of carbonyl (C=O) groups is 1. The third-order valence-electron chi connectivity index (χ3n) is 3.50. The quantitative estimate of drug-likeness (QED) is 0.713. The van der Waals surface area contributed by atoms with Crippen molar-refractivity contribution in [1.29, 1.82) is 0 Å². The fourth-order valence-corrected chi connectivity index (χ4v) is 2.20. The lowest BCUT2D eigenvalue weighted by Crippen LogP contribution is -2.28. The Morgan fingerprint density at radius 1 is 1.20 bits per heavy atom. The zero-order valence-corrected chi connectivity index (χ0v) is 13.8. The second-order valence-electron chi connectivity index (χ2n) is 5.21. The van der Waals surface area contributed by atoms with E-state index in [9.17, 15) is 4.79 Å². The molecule has 0 spiro atoms. The predicted octanol–water partition coefficient (Wildman–Crippen LogP) is 1.97. The fourth-order valence-electron chi connectivity index (χ4n) is 2.20. The highest BCUT2D eigenvalue weighted by molar-refractivity contribution is 5.77. The van der Waals surface area contributed by atoms with Crippen LogP contribution in [0.4, 0.5) is 0 Å². The van der Waals surface area contributed by atoms with Crippen molar-refractivity contribution in [3.05, 3.63) is 66.9 Å². The van der Waals surface area contributed by atoms with Gasteiger partial charge in [-0.05, 0) is 23.8 Å². The third kappa shape index (κ3) is 4.35. The fraction of sp³-hybridized carbons (Fsp3) is 0.167. The Bertz CT molecular complexity index is 817. The number of imidazole rings is 1. The Balaban J connectivity index is 1.49. The van der Waals surface area contributed by atoms with E-state index in [2.05, 4.69) is 15.3 Å². The van der Waals surface area contributed by atoms with Crippen LogP contribution in [0.3, 0.4) is 0 Å². The van der Waals surface area contributed by atoms with Crippen LogP contribution >= 0.6 is 0 Å².